The average Bonchev–Trinajstić information content (AvgIpc) is 2.60. The van der Waals surface area contributed by atoms with Crippen LogP contribution in [0.2, 0.25) is 0 Å². The van der Waals surface area contributed by atoms with Gasteiger partial charge in [0, 0.05) is 18.2 Å². The topological polar surface area (TPSA) is 96.9 Å². The maximum Gasteiger partial charge on any atom is 0.315 e. The minimum Gasteiger partial charge on any atom is -0.497 e. The lowest BCUT2D eigenvalue weighted by atomic mass is 9.86. The van der Waals surface area contributed by atoms with Crippen LogP contribution in [0, 0.1) is 5.92 Å². The Morgan fingerprint density at radius 1 is 1.17 bits per heavy atom. The van der Waals surface area contributed by atoms with E-state index in [9.17, 15) is 9.59 Å². The summed E-state index contributed by atoms with van der Waals surface area (Å²) in [5.41, 5.74) is 0.821. The van der Waals surface area contributed by atoms with E-state index in [0.29, 0.717) is 43.7 Å². The summed E-state index contributed by atoms with van der Waals surface area (Å²) in [6, 6.07) is 5.16. The van der Waals surface area contributed by atoms with Crippen LogP contribution >= 0.6 is 0 Å². The molecule has 0 aliphatic heterocycles. The zero-order valence-electron chi connectivity index (χ0n) is 14.0. The summed E-state index contributed by atoms with van der Waals surface area (Å²) >= 11 is 0. The molecular weight excluding hydrogens is 312 g/mol. The summed E-state index contributed by atoms with van der Waals surface area (Å²) in [6.45, 7) is 0.316. The van der Waals surface area contributed by atoms with E-state index in [1.54, 1.807) is 26.4 Å². The molecule has 1 aliphatic rings. The molecule has 1 aromatic carbocycles. The number of aliphatic carboxylic acids is 1. The van der Waals surface area contributed by atoms with Crippen LogP contribution in [0.4, 0.5) is 4.79 Å². The number of carboxylic acids is 1. The molecule has 0 bridgehead atoms. The molecule has 0 heterocycles. The van der Waals surface area contributed by atoms with Gasteiger partial charge in [-0.25, -0.2) is 4.79 Å². The van der Waals surface area contributed by atoms with Gasteiger partial charge >= 0.3 is 12.0 Å². The van der Waals surface area contributed by atoms with E-state index >= 15 is 0 Å². The van der Waals surface area contributed by atoms with Crippen LogP contribution in [-0.4, -0.2) is 37.4 Å². The molecule has 0 aromatic heterocycles. The van der Waals surface area contributed by atoms with E-state index in [1.807, 2.05) is 6.07 Å². The van der Waals surface area contributed by atoms with E-state index in [-0.39, 0.29) is 18.0 Å². The number of methoxy groups -OCH3 is 2. The zero-order valence-corrected chi connectivity index (χ0v) is 14.0. The molecular formula is C17H24N2O5. The third-order valence-corrected chi connectivity index (χ3v) is 4.34. The number of nitrogens with one attached hydrogen (secondary N) is 2. The number of carbonyl (C=O) groups excluding carboxylic acids is 1. The Balaban J connectivity index is 1.82. The van der Waals surface area contributed by atoms with Crippen molar-refractivity contribution in [1.29, 1.82) is 0 Å². The van der Waals surface area contributed by atoms with Crippen LogP contribution in [-0.2, 0) is 11.3 Å². The summed E-state index contributed by atoms with van der Waals surface area (Å²) < 4.78 is 10.5. The number of benzene rings is 1. The molecule has 132 valence electrons. The number of rotatable bonds is 6. The monoisotopic (exact) mass is 336 g/mol. The quantitative estimate of drug-likeness (QED) is 0.739. The molecule has 1 aliphatic carbocycles. The molecule has 1 saturated carbocycles. The minimum absolute atomic E-state index is 0.0211. The van der Waals surface area contributed by atoms with Crippen LogP contribution in [0.15, 0.2) is 18.2 Å². The number of hydrogen-bond acceptors (Lipinski definition) is 4. The van der Waals surface area contributed by atoms with Gasteiger partial charge in [-0.05, 0) is 43.9 Å². The molecule has 0 radical (unpaired) electrons. The van der Waals surface area contributed by atoms with Gasteiger partial charge in [0.1, 0.15) is 11.5 Å². The summed E-state index contributed by atoms with van der Waals surface area (Å²) in [6.07, 6.45) is 2.58. The van der Waals surface area contributed by atoms with Gasteiger partial charge in [-0.15, -0.1) is 0 Å². The van der Waals surface area contributed by atoms with Gasteiger partial charge in [0.15, 0.2) is 0 Å². The maximum atomic E-state index is 12.0. The number of carboxylic acid groups (broad SMARTS) is 1. The Morgan fingerprint density at radius 3 is 2.46 bits per heavy atom. The van der Waals surface area contributed by atoms with Crippen molar-refractivity contribution in [2.24, 2.45) is 5.92 Å². The Morgan fingerprint density at radius 2 is 1.88 bits per heavy atom. The molecule has 2 amide bonds. The highest BCUT2D eigenvalue weighted by Gasteiger charge is 2.26. The molecule has 0 spiro atoms. The number of urea groups is 1. The SMILES string of the molecule is COc1ccc(OC)c(CNC(=O)NC2CCC(C(=O)O)CC2)c1. The molecule has 1 fully saturated rings. The summed E-state index contributed by atoms with van der Waals surface area (Å²) in [5.74, 6) is 0.341. The number of carbonyl (C=O) groups is 2. The molecule has 0 atom stereocenters. The predicted octanol–water partition coefficient (Wildman–Crippen LogP) is 2.15. The lowest BCUT2D eigenvalue weighted by Crippen LogP contribution is -2.43. The summed E-state index contributed by atoms with van der Waals surface area (Å²) in [7, 11) is 3.16. The molecule has 7 heteroatoms. The Bertz CT molecular complexity index is 582. The van der Waals surface area contributed by atoms with Gasteiger partial charge in [0.25, 0.3) is 0 Å². The van der Waals surface area contributed by atoms with Gasteiger partial charge in [0.2, 0.25) is 0 Å². The molecule has 0 saturated heterocycles. The van der Waals surface area contributed by atoms with Crippen molar-refractivity contribution < 1.29 is 24.2 Å². The summed E-state index contributed by atoms with van der Waals surface area (Å²) in [5, 5.41) is 14.7. The first-order chi connectivity index (χ1) is 11.5. The minimum atomic E-state index is -0.747. The first-order valence-corrected chi connectivity index (χ1v) is 8.01. The van der Waals surface area contributed by atoms with Gasteiger partial charge in [-0.1, -0.05) is 0 Å². The average molecular weight is 336 g/mol. The normalized spacial score (nSPS) is 20.1. The largest absolute Gasteiger partial charge is 0.497 e. The van der Waals surface area contributed by atoms with Gasteiger partial charge in [-0.3, -0.25) is 4.79 Å². The third kappa shape index (κ3) is 4.78. The Kier molecular flexibility index (Phi) is 6.28. The van der Waals surface area contributed by atoms with Gasteiger partial charge < -0.3 is 25.2 Å². The second-order valence-electron chi connectivity index (χ2n) is 5.89. The zero-order chi connectivity index (χ0) is 17.5. The van der Waals surface area contributed by atoms with Crippen molar-refractivity contribution in [2.45, 2.75) is 38.3 Å². The molecule has 1 aromatic rings. The lowest BCUT2D eigenvalue weighted by Gasteiger charge is -2.26. The lowest BCUT2D eigenvalue weighted by molar-refractivity contribution is -0.142. The third-order valence-electron chi connectivity index (χ3n) is 4.34. The highest BCUT2D eigenvalue weighted by Crippen LogP contribution is 2.25. The fourth-order valence-electron chi connectivity index (χ4n) is 2.92. The fourth-order valence-corrected chi connectivity index (χ4v) is 2.92. The first kappa shape index (κ1) is 17.9. The standard InChI is InChI=1S/C17H24N2O5/c1-23-14-7-8-15(24-2)12(9-14)10-18-17(22)19-13-5-3-11(4-6-13)16(20)21/h7-9,11,13H,3-6,10H2,1-2H3,(H,20,21)(H2,18,19,22). The molecule has 24 heavy (non-hydrogen) atoms. The van der Waals surface area contributed by atoms with Crippen LogP contribution < -0.4 is 20.1 Å². The first-order valence-electron chi connectivity index (χ1n) is 8.01. The highest BCUT2D eigenvalue weighted by atomic mass is 16.5. The van der Waals surface area contributed by atoms with Gasteiger partial charge in [0.05, 0.1) is 20.1 Å². The molecule has 0 unspecified atom stereocenters. The van der Waals surface area contributed by atoms with Crippen LogP contribution in [0.5, 0.6) is 11.5 Å². The summed E-state index contributed by atoms with van der Waals surface area (Å²) in [4.78, 5) is 23.0. The van der Waals surface area contributed by atoms with E-state index in [2.05, 4.69) is 10.6 Å². The molecule has 7 nitrogen and oxygen atoms in total. The van der Waals surface area contributed by atoms with Crippen molar-refractivity contribution in [2.75, 3.05) is 14.2 Å². The Hall–Kier alpha value is -2.44. The van der Waals surface area contributed by atoms with Crippen LogP contribution in [0.3, 0.4) is 0 Å². The van der Waals surface area contributed by atoms with Crippen molar-refractivity contribution in [3.05, 3.63) is 23.8 Å². The fraction of sp³-hybridized carbons (Fsp3) is 0.529. The second kappa shape index (κ2) is 8.42. The van der Waals surface area contributed by atoms with Crippen molar-refractivity contribution in [3.8, 4) is 11.5 Å². The van der Waals surface area contributed by atoms with Crippen LogP contribution in [0.25, 0.3) is 0 Å². The highest BCUT2D eigenvalue weighted by molar-refractivity contribution is 5.74. The van der Waals surface area contributed by atoms with Crippen molar-refractivity contribution in [1.82, 2.24) is 10.6 Å². The van der Waals surface area contributed by atoms with Crippen molar-refractivity contribution >= 4 is 12.0 Å². The number of ether oxygens (including phenoxy) is 2. The molecule has 2 rings (SSSR count). The Labute approximate surface area is 141 Å². The second-order valence-corrected chi connectivity index (χ2v) is 5.89. The van der Waals surface area contributed by atoms with Crippen molar-refractivity contribution in [3.63, 3.8) is 0 Å². The van der Waals surface area contributed by atoms with Gasteiger partial charge in [-0.2, -0.15) is 0 Å². The number of hydrogen-bond donors (Lipinski definition) is 3. The van der Waals surface area contributed by atoms with E-state index in [4.69, 9.17) is 14.6 Å². The maximum absolute atomic E-state index is 12.0. The van der Waals surface area contributed by atoms with E-state index in [0.717, 1.165) is 5.56 Å². The number of amides is 2. The van der Waals surface area contributed by atoms with E-state index < -0.39 is 5.97 Å². The van der Waals surface area contributed by atoms with Crippen LogP contribution in [0.1, 0.15) is 31.2 Å². The predicted molar refractivity (Wildman–Crippen MR) is 88.3 cm³/mol. The smallest absolute Gasteiger partial charge is 0.315 e. The van der Waals surface area contributed by atoms with E-state index in [1.165, 1.54) is 0 Å². The molecule has 3 N–H and O–H groups in total.